The van der Waals surface area contributed by atoms with E-state index in [0.717, 1.165) is 23.3 Å². The van der Waals surface area contributed by atoms with Crippen LogP contribution in [-0.2, 0) is 0 Å². The zero-order valence-corrected chi connectivity index (χ0v) is 9.60. The predicted octanol–water partition coefficient (Wildman–Crippen LogP) is 1.82. The Morgan fingerprint density at radius 1 is 1.71 bits per heavy atom. The van der Waals surface area contributed by atoms with Gasteiger partial charge < -0.3 is 10.2 Å². The molecule has 0 saturated carbocycles. The molecule has 3 nitrogen and oxygen atoms in total. The van der Waals surface area contributed by atoms with Gasteiger partial charge in [-0.2, -0.15) is 0 Å². The molecule has 0 aromatic carbocycles. The summed E-state index contributed by atoms with van der Waals surface area (Å²) < 4.78 is 0. The second-order valence-corrected chi connectivity index (χ2v) is 4.95. The van der Waals surface area contributed by atoms with Gasteiger partial charge in [-0.3, -0.25) is 0 Å². The van der Waals surface area contributed by atoms with Gasteiger partial charge in [0.1, 0.15) is 0 Å². The van der Waals surface area contributed by atoms with Gasteiger partial charge in [-0.25, -0.2) is 4.98 Å². The van der Waals surface area contributed by atoms with Gasteiger partial charge in [0, 0.05) is 18.5 Å². The summed E-state index contributed by atoms with van der Waals surface area (Å²) in [5.41, 5.74) is 1.11. The van der Waals surface area contributed by atoms with Crippen molar-refractivity contribution in [2.24, 2.45) is 5.92 Å². The molecule has 0 radical (unpaired) electrons. The number of nitrogens with one attached hydrogen (secondary N) is 1. The fraction of sp³-hybridized carbons (Fsp3) is 0.700. The van der Waals surface area contributed by atoms with Gasteiger partial charge in [0.05, 0.1) is 5.69 Å². The van der Waals surface area contributed by atoms with E-state index in [-0.39, 0.29) is 0 Å². The Morgan fingerprint density at radius 3 is 3.14 bits per heavy atom. The van der Waals surface area contributed by atoms with E-state index >= 15 is 0 Å². The van der Waals surface area contributed by atoms with E-state index in [1.807, 2.05) is 6.92 Å². The predicted molar refractivity (Wildman–Crippen MR) is 60.9 cm³/mol. The molecule has 1 aliphatic heterocycles. The topological polar surface area (TPSA) is 28.2 Å². The molecule has 1 aromatic rings. The molecule has 1 saturated heterocycles. The van der Waals surface area contributed by atoms with Crippen LogP contribution in [0.2, 0.25) is 0 Å². The molecule has 1 aliphatic rings. The molecule has 78 valence electrons. The molecule has 1 aromatic heterocycles. The molecular weight excluding hydrogens is 194 g/mol. The molecule has 0 bridgehead atoms. The van der Waals surface area contributed by atoms with Crippen molar-refractivity contribution >= 4 is 16.5 Å². The Kier molecular flexibility index (Phi) is 3.03. The highest BCUT2D eigenvalue weighted by molar-refractivity contribution is 7.13. The zero-order valence-electron chi connectivity index (χ0n) is 8.79. The molecular formula is C10H17N3S. The van der Waals surface area contributed by atoms with Gasteiger partial charge in [-0.05, 0) is 32.9 Å². The van der Waals surface area contributed by atoms with Gasteiger partial charge in [-0.1, -0.05) is 0 Å². The number of likely N-dealkylation sites (tertiary alicyclic amines) is 1. The Morgan fingerprint density at radius 2 is 2.57 bits per heavy atom. The molecule has 0 amide bonds. The third kappa shape index (κ3) is 2.45. The lowest BCUT2D eigenvalue weighted by Gasteiger charge is -2.10. The van der Waals surface area contributed by atoms with Gasteiger partial charge >= 0.3 is 0 Å². The minimum absolute atomic E-state index is 0.796. The third-order valence-electron chi connectivity index (χ3n) is 2.65. The Hall–Kier alpha value is -0.610. The van der Waals surface area contributed by atoms with Crippen molar-refractivity contribution in [3.63, 3.8) is 0 Å². The smallest absolute Gasteiger partial charge is 0.182 e. The minimum atomic E-state index is 0.796. The molecule has 0 spiro atoms. The molecule has 1 atom stereocenters. The normalized spacial score (nSPS) is 22.9. The lowest BCUT2D eigenvalue weighted by molar-refractivity contribution is 0.399. The summed E-state index contributed by atoms with van der Waals surface area (Å²) in [7, 11) is 2.19. The fourth-order valence-electron chi connectivity index (χ4n) is 1.86. The van der Waals surface area contributed by atoms with E-state index in [2.05, 4.69) is 27.6 Å². The monoisotopic (exact) mass is 211 g/mol. The van der Waals surface area contributed by atoms with Crippen LogP contribution in [0.4, 0.5) is 5.13 Å². The van der Waals surface area contributed by atoms with Crippen LogP contribution >= 0.6 is 11.3 Å². The highest BCUT2D eigenvalue weighted by atomic mass is 32.1. The molecule has 0 aliphatic carbocycles. The first-order chi connectivity index (χ1) is 6.74. The SMILES string of the molecule is Cc1csc(NCC2CCN(C)C2)n1. The highest BCUT2D eigenvalue weighted by Gasteiger charge is 2.18. The fourth-order valence-corrected chi connectivity index (χ4v) is 2.56. The number of thiazole rings is 1. The quantitative estimate of drug-likeness (QED) is 0.826. The van der Waals surface area contributed by atoms with Crippen molar-refractivity contribution in [2.45, 2.75) is 13.3 Å². The molecule has 14 heavy (non-hydrogen) atoms. The molecule has 1 N–H and O–H groups in total. The summed E-state index contributed by atoms with van der Waals surface area (Å²) in [6.45, 7) is 5.56. The first-order valence-electron chi connectivity index (χ1n) is 5.08. The second kappa shape index (κ2) is 4.28. The number of aromatic nitrogens is 1. The van der Waals surface area contributed by atoms with E-state index in [1.165, 1.54) is 19.5 Å². The number of nitrogens with zero attached hydrogens (tertiary/aromatic N) is 2. The second-order valence-electron chi connectivity index (χ2n) is 4.09. The number of rotatable bonds is 3. The number of aryl methyl sites for hydroxylation is 1. The van der Waals surface area contributed by atoms with E-state index < -0.39 is 0 Å². The van der Waals surface area contributed by atoms with E-state index in [4.69, 9.17) is 0 Å². The summed E-state index contributed by atoms with van der Waals surface area (Å²) in [5.74, 6) is 0.796. The number of anilines is 1. The summed E-state index contributed by atoms with van der Waals surface area (Å²) in [6.07, 6.45) is 1.31. The summed E-state index contributed by atoms with van der Waals surface area (Å²) >= 11 is 1.70. The van der Waals surface area contributed by atoms with Crippen molar-refractivity contribution in [3.05, 3.63) is 11.1 Å². The van der Waals surface area contributed by atoms with Crippen LogP contribution in [0.3, 0.4) is 0 Å². The average Bonchev–Trinajstić information content (AvgIpc) is 2.72. The Bertz CT molecular complexity index is 297. The van der Waals surface area contributed by atoms with Crippen molar-refractivity contribution in [1.29, 1.82) is 0 Å². The largest absolute Gasteiger partial charge is 0.361 e. The van der Waals surface area contributed by atoms with Crippen molar-refractivity contribution < 1.29 is 0 Å². The average molecular weight is 211 g/mol. The molecule has 4 heteroatoms. The van der Waals surface area contributed by atoms with Crippen LogP contribution in [0.25, 0.3) is 0 Å². The molecule has 1 fully saturated rings. The van der Waals surface area contributed by atoms with Crippen LogP contribution in [0, 0.1) is 12.8 Å². The first kappa shape index (κ1) is 9.93. The first-order valence-corrected chi connectivity index (χ1v) is 5.96. The Labute approximate surface area is 89.1 Å². The maximum atomic E-state index is 4.38. The van der Waals surface area contributed by atoms with Gasteiger partial charge in [0.15, 0.2) is 5.13 Å². The minimum Gasteiger partial charge on any atom is -0.361 e. The molecule has 2 rings (SSSR count). The van der Waals surface area contributed by atoms with Crippen molar-refractivity contribution in [1.82, 2.24) is 9.88 Å². The van der Waals surface area contributed by atoms with E-state index in [9.17, 15) is 0 Å². The van der Waals surface area contributed by atoms with Gasteiger partial charge in [0.25, 0.3) is 0 Å². The Balaban J connectivity index is 1.77. The number of hydrogen-bond donors (Lipinski definition) is 1. The van der Waals surface area contributed by atoms with Gasteiger partial charge in [-0.15, -0.1) is 11.3 Å². The molecule has 2 heterocycles. The maximum absolute atomic E-state index is 4.38. The number of hydrogen-bond acceptors (Lipinski definition) is 4. The molecule has 1 unspecified atom stereocenters. The standard InChI is InChI=1S/C10H17N3S/c1-8-7-14-10(12-8)11-5-9-3-4-13(2)6-9/h7,9H,3-6H2,1-2H3,(H,11,12). The van der Waals surface area contributed by atoms with Crippen LogP contribution < -0.4 is 5.32 Å². The third-order valence-corrected chi connectivity index (χ3v) is 3.57. The summed E-state index contributed by atoms with van der Waals surface area (Å²) in [4.78, 5) is 6.77. The van der Waals surface area contributed by atoms with Crippen LogP contribution in [0.5, 0.6) is 0 Å². The van der Waals surface area contributed by atoms with E-state index in [1.54, 1.807) is 11.3 Å². The lowest BCUT2D eigenvalue weighted by atomic mass is 10.1. The summed E-state index contributed by atoms with van der Waals surface area (Å²) in [6, 6.07) is 0. The highest BCUT2D eigenvalue weighted by Crippen LogP contribution is 2.18. The van der Waals surface area contributed by atoms with Crippen LogP contribution in [-0.4, -0.2) is 36.6 Å². The van der Waals surface area contributed by atoms with Crippen LogP contribution in [0.1, 0.15) is 12.1 Å². The maximum Gasteiger partial charge on any atom is 0.182 e. The van der Waals surface area contributed by atoms with Crippen LogP contribution in [0.15, 0.2) is 5.38 Å². The lowest BCUT2D eigenvalue weighted by Crippen LogP contribution is -2.19. The van der Waals surface area contributed by atoms with Crippen molar-refractivity contribution in [3.8, 4) is 0 Å². The van der Waals surface area contributed by atoms with E-state index in [0.29, 0.717) is 0 Å². The van der Waals surface area contributed by atoms with Crippen molar-refractivity contribution in [2.75, 3.05) is 32.0 Å². The van der Waals surface area contributed by atoms with Gasteiger partial charge in [0.2, 0.25) is 0 Å². The summed E-state index contributed by atoms with van der Waals surface area (Å²) in [5, 5.41) is 6.56. The zero-order chi connectivity index (χ0) is 9.97.